The van der Waals surface area contributed by atoms with Crippen LogP contribution < -0.4 is 15.4 Å². The number of ether oxygens (including phenoxy) is 1. The maximum absolute atomic E-state index is 12.2. The standard InChI is InChI=1S/C20H18N4O4/c1-12-20(26)22-15-11-14(7-8-16(15)27-12)21-17(25)9-10-18-23-19(24-28-18)13-5-3-2-4-6-13/h2-8,11-12H,9-10H2,1H3,(H,21,25)(H,22,26)/t12-/m1/s1. The van der Waals surface area contributed by atoms with E-state index in [2.05, 4.69) is 20.8 Å². The van der Waals surface area contributed by atoms with E-state index in [1.54, 1.807) is 25.1 Å². The van der Waals surface area contributed by atoms with Crippen LogP contribution in [-0.2, 0) is 16.0 Å². The van der Waals surface area contributed by atoms with Crippen molar-refractivity contribution in [3.8, 4) is 17.1 Å². The first-order chi connectivity index (χ1) is 13.6. The molecule has 2 amide bonds. The maximum atomic E-state index is 12.2. The number of nitrogens with one attached hydrogen (secondary N) is 2. The maximum Gasteiger partial charge on any atom is 0.265 e. The summed E-state index contributed by atoms with van der Waals surface area (Å²) in [6.45, 7) is 1.68. The Bertz CT molecular complexity index is 1020. The summed E-state index contributed by atoms with van der Waals surface area (Å²) >= 11 is 0. The van der Waals surface area contributed by atoms with Crippen LogP contribution in [0.4, 0.5) is 11.4 Å². The van der Waals surface area contributed by atoms with Gasteiger partial charge in [-0.05, 0) is 25.1 Å². The summed E-state index contributed by atoms with van der Waals surface area (Å²) < 4.78 is 10.7. The molecule has 0 spiro atoms. The van der Waals surface area contributed by atoms with E-state index in [4.69, 9.17) is 9.26 Å². The van der Waals surface area contributed by atoms with Crippen LogP contribution >= 0.6 is 0 Å². The van der Waals surface area contributed by atoms with Gasteiger partial charge in [0.1, 0.15) is 5.75 Å². The molecule has 0 saturated heterocycles. The van der Waals surface area contributed by atoms with Crippen LogP contribution in [0, 0.1) is 0 Å². The highest BCUT2D eigenvalue weighted by Crippen LogP contribution is 2.32. The van der Waals surface area contributed by atoms with E-state index in [0.717, 1.165) is 5.56 Å². The van der Waals surface area contributed by atoms with Crippen molar-refractivity contribution in [3.63, 3.8) is 0 Å². The third-order valence-corrected chi connectivity index (χ3v) is 4.26. The van der Waals surface area contributed by atoms with Gasteiger partial charge in [-0.25, -0.2) is 0 Å². The zero-order valence-corrected chi connectivity index (χ0v) is 15.1. The zero-order chi connectivity index (χ0) is 19.5. The summed E-state index contributed by atoms with van der Waals surface area (Å²) in [6, 6.07) is 14.6. The quantitative estimate of drug-likeness (QED) is 0.707. The van der Waals surface area contributed by atoms with E-state index >= 15 is 0 Å². The fourth-order valence-corrected chi connectivity index (χ4v) is 2.79. The number of fused-ring (bicyclic) bond motifs is 1. The lowest BCUT2D eigenvalue weighted by Gasteiger charge is -2.23. The highest BCUT2D eigenvalue weighted by Gasteiger charge is 2.23. The van der Waals surface area contributed by atoms with E-state index in [1.807, 2.05) is 30.3 Å². The summed E-state index contributed by atoms with van der Waals surface area (Å²) in [4.78, 5) is 28.2. The fraction of sp³-hybridized carbons (Fsp3) is 0.200. The minimum absolute atomic E-state index is 0.188. The Morgan fingerprint density at radius 3 is 2.86 bits per heavy atom. The summed E-state index contributed by atoms with van der Waals surface area (Å²) in [5, 5.41) is 9.48. The molecule has 1 aliphatic rings. The van der Waals surface area contributed by atoms with Crippen LogP contribution in [0.5, 0.6) is 5.75 Å². The smallest absolute Gasteiger partial charge is 0.265 e. The Hall–Kier alpha value is -3.68. The van der Waals surface area contributed by atoms with Gasteiger partial charge in [0.25, 0.3) is 5.91 Å². The van der Waals surface area contributed by atoms with E-state index in [0.29, 0.717) is 35.3 Å². The van der Waals surface area contributed by atoms with Gasteiger partial charge in [-0.3, -0.25) is 9.59 Å². The van der Waals surface area contributed by atoms with Gasteiger partial charge in [0.2, 0.25) is 17.6 Å². The number of rotatable bonds is 5. The lowest BCUT2D eigenvalue weighted by molar-refractivity contribution is -0.122. The van der Waals surface area contributed by atoms with E-state index in [1.165, 1.54) is 0 Å². The van der Waals surface area contributed by atoms with Gasteiger partial charge in [-0.15, -0.1) is 0 Å². The normalized spacial score (nSPS) is 15.3. The molecule has 0 radical (unpaired) electrons. The molecule has 1 aromatic heterocycles. The lowest BCUT2D eigenvalue weighted by Crippen LogP contribution is -2.34. The summed E-state index contributed by atoms with van der Waals surface area (Å²) in [7, 11) is 0. The van der Waals surface area contributed by atoms with Crippen molar-refractivity contribution in [3.05, 3.63) is 54.4 Å². The number of carbonyl (C=O) groups excluding carboxylic acids is 2. The summed E-state index contributed by atoms with van der Waals surface area (Å²) in [5.74, 6) is 1.05. The number of nitrogens with zero attached hydrogens (tertiary/aromatic N) is 2. The van der Waals surface area contributed by atoms with Crippen LogP contribution in [0.25, 0.3) is 11.4 Å². The molecule has 4 rings (SSSR count). The lowest BCUT2D eigenvalue weighted by atomic mass is 10.2. The molecule has 3 aromatic rings. The van der Waals surface area contributed by atoms with Crippen LogP contribution in [0.2, 0.25) is 0 Å². The van der Waals surface area contributed by atoms with Gasteiger partial charge >= 0.3 is 0 Å². The molecule has 8 heteroatoms. The molecule has 8 nitrogen and oxygen atoms in total. The highest BCUT2D eigenvalue weighted by atomic mass is 16.5. The topological polar surface area (TPSA) is 106 Å². The third-order valence-electron chi connectivity index (χ3n) is 4.26. The van der Waals surface area contributed by atoms with Crippen molar-refractivity contribution in [1.82, 2.24) is 10.1 Å². The zero-order valence-electron chi connectivity index (χ0n) is 15.1. The molecular weight excluding hydrogens is 360 g/mol. The Morgan fingerprint density at radius 2 is 2.04 bits per heavy atom. The first kappa shape index (κ1) is 17.7. The van der Waals surface area contributed by atoms with Crippen molar-refractivity contribution in [1.29, 1.82) is 0 Å². The molecule has 0 unspecified atom stereocenters. The van der Waals surface area contributed by atoms with Crippen LogP contribution in [0.15, 0.2) is 53.1 Å². The number of aryl methyl sites for hydroxylation is 1. The number of aromatic nitrogens is 2. The van der Waals surface area contributed by atoms with Crippen molar-refractivity contribution in [2.45, 2.75) is 25.9 Å². The van der Waals surface area contributed by atoms with Crippen LogP contribution in [0.1, 0.15) is 19.2 Å². The van der Waals surface area contributed by atoms with Crippen molar-refractivity contribution < 1.29 is 18.8 Å². The molecule has 0 aliphatic carbocycles. The molecular formula is C20H18N4O4. The van der Waals surface area contributed by atoms with Gasteiger partial charge < -0.3 is 19.9 Å². The van der Waals surface area contributed by atoms with E-state index in [9.17, 15) is 9.59 Å². The van der Waals surface area contributed by atoms with Gasteiger partial charge in [0, 0.05) is 24.1 Å². The molecule has 0 saturated carbocycles. The Labute approximate surface area is 160 Å². The predicted molar refractivity (Wildman–Crippen MR) is 102 cm³/mol. The summed E-state index contributed by atoms with van der Waals surface area (Å²) in [6.07, 6.45) is -0.0235. The molecule has 2 N–H and O–H groups in total. The molecule has 0 fully saturated rings. The van der Waals surface area contributed by atoms with Crippen LogP contribution in [0.3, 0.4) is 0 Å². The molecule has 1 atom stereocenters. The largest absolute Gasteiger partial charge is 0.479 e. The fourth-order valence-electron chi connectivity index (χ4n) is 2.79. The Balaban J connectivity index is 1.35. The highest BCUT2D eigenvalue weighted by molar-refractivity contribution is 5.99. The molecule has 2 heterocycles. The molecule has 0 bridgehead atoms. The second-order valence-electron chi connectivity index (χ2n) is 6.39. The Kier molecular flexibility index (Phi) is 4.76. The average Bonchev–Trinajstić information content (AvgIpc) is 3.17. The van der Waals surface area contributed by atoms with E-state index < -0.39 is 6.10 Å². The van der Waals surface area contributed by atoms with Gasteiger partial charge in [0.05, 0.1) is 5.69 Å². The number of amides is 2. The molecule has 1 aliphatic heterocycles. The predicted octanol–water partition coefficient (Wildman–Crippen LogP) is 3.03. The number of hydrogen-bond donors (Lipinski definition) is 2. The first-order valence-corrected chi connectivity index (χ1v) is 8.88. The van der Waals surface area contributed by atoms with Crippen molar-refractivity contribution >= 4 is 23.2 Å². The minimum atomic E-state index is -0.539. The van der Waals surface area contributed by atoms with Gasteiger partial charge in [0.15, 0.2) is 6.10 Å². The van der Waals surface area contributed by atoms with Crippen LogP contribution in [-0.4, -0.2) is 28.1 Å². The number of benzene rings is 2. The monoisotopic (exact) mass is 378 g/mol. The number of anilines is 2. The van der Waals surface area contributed by atoms with E-state index in [-0.39, 0.29) is 18.2 Å². The molecule has 2 aromatic carbocycles. The van der Waals surface area contributed by atoms with Gasteiger partial charge in [-0.2, -0.15) is 4.98 Å². The average molecular weight is 378 g/mol. The summed E-state index contributed by atoms with van der Waals surface area (Å²) in [5.41, 5.74) is 1.96. The Morgan fingerprint density at radius 1 is 1.21 bits per heavy atom. The molecule has 28 heavy (non-hydrogen) atoms. The second kappa shape index (κ2) is 7.51. The SMILES string of the molecule is C[C@H]1Oc2ccc(NC(=O)CCc3nc(-c4ccccc4)no3)cc2NC1=O. The van der Waals surface area contributed by atoms with Crippen molar-refractivity contribution in [2.24, 2.45) is 0 Å². The number of hydrogen-bond acceptors (Lipinski definition) is 6. The van der Waals surface area contributed by atoms with Gasteiger partial charge in [-0.1, -0.05) is 35.5 Å². The first-order valence-electron chi connectivity index (χ1n) is 8.88. The molecule has 142 valence electrons. The minimum Gasteiger partial charge on any atom is -0.479 e. The number of carbonyl (C=O) groups is 2. The third kappa shape index (κ3) is 3.85. The second-order valence-corrected chi connectivity index (χ2v) is 6.39. The van der Waals surface area contributed by atoms with Crippen molar-refractivity contribution in [2.75, 3.05) is 10.6 Å².